The summed E-state index contributed by atoms with van der Waals surface area (Å²) >= 11 is 0. The molecular formula is C16H16O2Si. The Morgan fingerprint density at radius 1 is 1.00 bits per heavy atom. The van der Waals surface area contributed by atoms with Gasteiger partial charge in [0.05, 0.1) is 5.76 Å². The van der Waals surface area contributed by atoms with Crippen LogP contribution in [0.1, 0.15) is 22.8 Å². The lowest BCUT2D eigenvalue weighted by atomic mass is 10.1. The third-order valence-corrected chi connectivity index (χ3v) is 3.99. The zero-order chi connectivity index (χ0) is 13.1. The Morgan fingerprint density at radius 2 is 1.74 bits per heavy atom. The molecule has 0 aliphatic carbocycles. The molecule has 3 heteroatoms. The Labute approximate surface area is 115 Å². The second kappa shape index (κ2) is 5.43. The van der Waals surface area contributed by atoms with E-state index in [4.69, 9.17) is 4.43 Å². The van der Waals surface area contributed by atoms with Gasteiger partial charge in [-0.25, -0.2) is 0 Å². The zero-order valence-electron chi connectivity index (χ0n) is 10.8. The maximum atomic E-state index is 5.73. The summed E-state index contributed by atoms with van der Waals surface area (Å²) < 4.78 is 10.3. The van der Waals surface area contributed by atoms with Crippen molar-refractivity contribution in [3.63, 3.8) is 0 Å². The molecule has 2 nitrogen and oxygen atoms in total. The Morgan fingerprint density at radius 3 is 2.47 bits per heavy atom. The van der Waals surface area contributed by atoms with E-state index in [0.717, 1.165) is 11.3 Å². The van der Waals surface area contributed by atoms with Crippen molar-refractivity contribution >= 4 is 15.8 Å². The second-order valence-electron chi connectivity index (χ2n) is 4.62. The molecule has 3 rings (SSSR count). The first-order chi connectivity index (χ1) is 9.33. The minimum atomic E-state index is -0.330. The highest BCUT2D eigenvalue weighted by molar-refractivity contribution is 6.20. The topological polar surface area (TPSA) is 22.0 Å². The van der Waals surface area contributed by atoms with E-state index in [1.807, 2.05) is 6.07 Å². The number of hydrogen-bond acceptors (Lipinski definition) is 1. The molecule has 2 aromatic carbocycles. The predicted molar refractivity (Wildman–Crippen MR) is 78.8 cm³/mol. The normalized spacial score (nSPS) is 18.6. The van der Waals surface area contributed by atoms with Gasteiger partial charge in [-0.05, 0) is 6.92 Å². The summed E-state index contributed by atoms with van der Waals surface area (Å²) in [7, 11) is -0.330. The third-order valence-electron chi connectivity index (χ3n) is 3.19. The molecule has 2 aromatic rings. The van der Waals surface area contributed by atoms with Crippen LogP contribution in [0.15, 0.2) is 60.7 Å². The molecule has 0 amide bonds. The molecule has 0 aromatic heterocycles. The van der Waals surface area contributed by atoms with Crippen molar-refractivity contribution in [2.24, 2.45) is 0 Å². The van der Waals surface area contributed by atoms with Gasteiger partial charge in [-0.15, -0.1) is 0 Å². The SMILES string of the molecule is Cc1ccc(C2=CC(c3ccccc3)[OH+][SiH-]O2)cc1. The quantitative estimate of drug-likeness (QED) is 0.606. The highest BCUT2D eigenvalue weighted by atomic mass is 28.3. The van der Waals surface area contributed by atoms with Gasteiger partial charge in [0.2, 0.25) is 0 Å². The molecular weight excluding hydrogens is 252 g/mol. The van der Waals surface area contributed by atoms with E-state index < -0.39 is 0 Å². The Hall–Kier alpha value is -1.84. The predicted octanol–water partition coefficient (Wildman–Crippen LogP) is 2.90. The minimum absolute atomic E-state index is 0.126. The van der Waals surface area contributed by atoms with Crippen LogP contribution in [0.3, 0.4) is 0 Å². The van der Waals surface area contributed by atoms with Crippen LogP contribution < -0.4 is 0 Å². The molecule has 0 saturated heterocycles. The van der Waals surface area contributed by atoms with Crippen molar-refractivity contribution in [2.45, 2.75) is 13.0 Å². The van der Waals surface area contributed by atoms with Crippen LogP contribution >= 0.6 is 0 Å². The van der Waals surface area contributed by atoms with Crippen molar-refractivity contribution in [1.29, 1.82) is 0 Å². The van der Waals surface area contributed by atoms with Crippen molar-refractivity contribution in [2.75, 3.05) is 0 Å². The number of hydrogen-bond donors (Lipinski definition) is 0. The molecule has 1 unspecified atom stereocenters. The summed E-state index contributed by atoms with van der Waals surface area (Å²) in [4.78, 5) is 0. The zero-order valence-corrected chi connectivity index (χ0v) is 11.9. The van der Waals surface area contributed by atoms with Gasteiger partial charge in [-0.1, -0.05) is 60.2 Å². The Balaban J connectivity index is 1.90. The highest BCUT2D eigenvalue weighted by Gasteiger charge is 2.16. The first-order valence-electron chi connectivity index (χ1n) is 6.35. The minimum Gasteiger partial charge on any atom is -0.648 e. The lowest BCUT2D eigenvalue weighted by Gasteiger charge is -2.28. The summed E-state index contributed by atoms with van der Waals surface area (Å²) in [6, 6.07) is 18.8. The fourth-order valence-electron chi connectivity index (χ4n) is 2.09. The third kappa shape index (κ3) is 2.78. The van der Waals surface area contributed by atoms with E-state index in [9.17, 15) is 0 Å². The van der Waals surface area contributed by atoms with E-state index in [2.05, 4.69) is 66.0 Å². The van der Waals surface area contributed by atoms with Crippen molar-refractivity contribution in [3.8, 4) is 0 Å². The summed E-state index contributed by atoms with van der Waals surface area (Å²) in [6.45, 7) is 2.09. The monoisotopic (exact) mass is 268 g/mol. The molecule has 96 valence electrons. The average molecular weight is 268 g/mol. The molecule has 19 heavy (non-hydrogen) atoms. The summed E-state index contributed by atoms with van der Waals surface area (Å²) in [5.41, 5.74) is 3.62. The number of aliphatic hydroxyl groups is 1. The van der Waals surface area contributed by atoms with E-state index in [0.29, 0.717) is 0 Å². The maximum Gasteiger partial charge on any atom is 0.368 e. The van der Waals surface area contributed by atoms with Gasteiger partial charge in [-0.2, -0.15) is 0 Å². The van der Waals surface area contributed by atoms with Crippen LogP contribution in [-0.4, -0.2) is 14.4 Å². The van der Waals surface area contributed by atoms with Crippen LogP contribution in [0, 0.1) is 6.92 Å². The molecule has 1 aliphatic rings. The molecule has 1 N–H and O–H groups in total. The van der Waals surface area contributed by atoms with Gasteiger partial charge in [0, 0.05) is 17.2 Å². The van der Waals surface area contributed by atoms with Gasteiger partial charge in [0.15, 0.2) is 6.10 Å². The summed E-state index contributed by atoms with van der Waals surface area (Å²) in [6.07, 6.45) is 2.23. The number of aryl methyl sites for hydroxylation is 1. The fraction of sp³-hybridized carbons (Fsp3) is 0.125. The van der Waals surface area contributed by atoms with Gasteiger partial charge >= 0.3 is 10.0 Å². The smallest absolute Gasteiger partial charge is 0.368 e. The first kappa shape index (κ1) is 12.2. The largest absolute Gasteiger partial charge is 0.648 e. The van der Waals surface area contributed by atoms with Gasteiger partial charge < -0.3 is 8.85 Å². The van der Waals surface area contributed by atoms with Gasteiger partial charge in [0.25, 0.3) is 0 Å². The lowest BCUT2D eigenvalue weighted by Crippen LogP contribution is -2.19. The Kier molecular flexibility index (Phi) is 3.48. The highest BCUT2D eigenvalue weighted by Crippen LogP contribution is 2.27. The molecule has 1 atom stereocenters. The lowest BCUT2D eigenvalue weighted by molar-refractivity contribution is 0.0526. The van der Waals surface area contributed by atoms with E-state index >= 15 is 0 Å². The Bertz CT molecular complexity index is 575. The average Bonchev–Trinajstić information content (AvgIpc) is 2.49. The van der Waals surface area contributed by atoms with Crippen molar-refractivity contribution in [1.82, 2.24) is 0 Å². The fourth-order valence-corrected chi connectivity index (χ4v) is 2.87. The molecule has 0 fully saturated rings. The van der Waals surface area contributed by atoms with Crippen LogP contribution in [0.4, 0.5) is 0 Å². The summed E-state index contributed by atoms with van der Waals surface area (Å²) in [5.74, 6) is 0.957. The van der Waals surface area contributed by atoms with Crippen molar-refractivity contribution in [3.05, 3.63) is 77.4 Å². The molecule has 0 bridgehead atoms. The van der Waals surface area contributed by atoms with E-state index in [1.54, 1.807) is 0 Å². The standard InChI is InChI=1S/C16H16O2Si/c1-12-7-9-14(10-8-12)16-11-15(17-19-18-16)13-5-3-2-4-6-13/h2-11,15,17,19H,1H3. The van der Waals surface area contributed by atoms with Crippen LogP contribution in [0.25, 0.3) is 5.76 Å². The molecule has 0 spiro atoms. The van der Waals surface area contributed by atoms with E-state index in [-0.39, 0.29) is 16.1 Å². The van der Waals surface area contributed by atoms with Gasteiger partial charge in [0.1, 0.15) is 0 Å². The summed E-state index contributed by atoms with van der Waals surface area (Å²) in [5, 5.41) is 0. The maximum absolute atomic E-state index is 5.73. The number of rotatable bonds is 2. The van der Waals surface area contributed by atoms with Crippen LogP contribution in [-0.2, 0) is 4.43 Å². The molecule has 1 aliphatic heterocycles. The van der Waals surface area contributed by atoms with Gasteiger partial charge in [-0.3, -0.25) is 0 Å². The molecule has 1 heterocycles. The van der Waals surface area contributed by atoms with Crippen LogP contribution in [0.5, 0.6) is 0 Å². The first-order valence-corrected chi connectivity index (χ1v) is 7.34. The number of benzene rings is 2. The molecule has 0 radical (unpaired) electrons. The molecule has 0 saturated carbocycles. The van der Waals surface area contributed by atoms with Crippen LogP contribution in [0.2, 0.25) is 0 Å². The second-order valence-corrected chi connectivity index (χ2v) is 5.37. The van der Waals surface area contributed by atoms with E-state index in [1.165, 1.54) is 11.1 Å². The van der Waals surface area contributed by atoms with Crippen molar-refractivity contribution < 1.29 is 8.85 Å².